The van der Waals surface area contributed by atoms with Gasteiger partial charge in [0.25, 0.3) is 5.91 Å². The number of nitrogens with zero attached hydrogens (tertiary/aromatic N) is 1. The maximum absolute atomic E-state index is 12.9. The van der Waals surface area contributed by atoms with Crippen molar-refractivity contribution < 1.29 is 9.18 Å². The first-order valence-electron chi connectivity index (χ1n) is 7.54. The van der Waals surface area contributed by atoms with Crippen molar-refractivity contribution in [1.29, 1.82) is 0 Å². The molecule has 0 spiro atoms. The number of hydrogen-bond acceptors (Lipinski definition) is 3. The number of nitrogens with one attached hydrogen (secondary N) is 1. The first-order chi connectivity index (χ1) is 10.7. The zero-order valence-electron chi connectivity index (χ0n) is 12.3. The van der Waals surface area contributed by atoms with Gasteiger partial charge < -0.3 is 5.32 Å². The second-order valence-electron chi connectivity index (χ2n) is 5.53. The van der Waals surface area contributed by atoms with Gasteiger partial charge in [0.15, 0.2) is 0 Å². The molecule has 5 heteroatoms. The van der Waals surface area contributed by atoms with Crippen LogP contribution in [0.15, 0.2) is 41.1 Å². The lowest BCUT2D eigenvalue weighted by Crippen LogP contribution is -2.36. The van der Waals surface area contributed by atoms with E-state index in [0.717, 1.165) is 13.1 Å². The first kappa shape index (κ1) is 15.2. The van der Waals surface area contributed by atoms with Crippen LogP contribution in [0.3, 0.4) is 0 Å². The van der Waals surface area contributed by atoms with Crippen molar-refractivity contribution in [3.05, 3.63) is 58.0 Å². The third-order valence-electron chi connectivity index (χ3n) is 4.07. The Balaban J connectivity index is 1.66. The van der Waals surface area contributed by atoms with Crippen LogP contribution in [0.4, 0.5) is 4.39 Å². The molecule has 1 atom stereocenters. The number of carbonyl (C=O) groups is 1. The molecule has 1 saturated heterocycles. The van der Waals surface area contributed by atoms with Crippen LogP contribution >= 0.6 is 11.3 Å². The lowest BCUT2D eigenvalue weighted by molar-refractivity contribution is 0.0938. The highest BCUT2D eigenvalue weighted by Crippen LogP contribution is 2.26. The van der Waals surface area contributed by atoms with E-state index < -0.39 is 0 Å². The fourth-order valence-electron chi connectivity index (χ4n) is 2.87. The summed E-state index contributed by atoms with van der Waals surface area (Å²) in [4.78, 5) is 14.6. The van der Waals surface area contributed by atoms with Gasteiger partial charge in [-0.2, -0.15) is 11.3 Å². The van der Waals surface area contributed by atoms with E-state index in [9.17, 15) is 9.18 Å². The second-order valence-corrected chi connectivity index (χ2v) is 6.31. The van der Waals surface area contributed by atoms with Gasteiger partial charge in [0.05, 0.1) is 6.04 Å². The third-order valence-corrected chi connectivity index (χ3v) is 4.77. The van der Waals surface area contributed by atoms with Crippen molar-refractivity contribution in [3.8, 4) is 0 Å². The topological polar surface area (TPSA) is 32.3 Å². The minimum Gasteiger partial charge on any atom is -0.350 e. The number of halogens is 1. The lowest BCUT2D eigenvalue weighted by Gasteiger charge is -2.27. The minimum absolute atomic E-state index is 0.153. The summed E-state index contributed by atoms with van der Waals surface area (Å²) in [6.07, 6.45) is 2.43. The average molecular weight is 318 g/mol. The molecule has 1 aromatic carbocycles. The molecule has 1 aliphatic heterocycles. The van der Waals surface area contributed by atoms with Crippen molar-refractivity contribution in [3.63, 3.8) is 0 Å². The Hall–Kier alpha value is -1.72. The van der Waals surface area contributed by atoms with Crippen LogP contribution in [0.5, 0.6) is 0 Å². The third kappa shape index (κ3) is 3.54. The molecule has 22 heavy (non-hydrogen) atoms. The molecule has 2 heterocycles. The molecule has 1 amide bonds. The van der Waals surface area contributed by atoms with E-state index in [2.05, 4.69) is 27.0 Å². The van der Waals surface area contributed by atoms with Crippen LogP contribution in [0, 0.1) is 5.82 Å². The molecule has 2 aromatic rings. The van der Waals surface area contributed by atoms with Gasteiger partial charge in [0.2, 0.25) is 0 Å². The second kappa shape index (κ2) is 7.03. The molecule has 1 fully saturated rings. The van der Waals surface area contributed by atoms with Crippen LogP contribution < -0.4 is 5.32 Å². The predicted octanol–water partition coefficient (Wildman–Crippen LogP) is 3.45. The normalized spacial score (nSPS) is 16.6. The average Bonchev–Trinajstić information content (AvgIpc) is 3.22. The Morgan fingerprint density at radius 3 is 2.59 bits per heavy atom. The molecular formula is C17H19FN2OS. The molecule has 0 saturated carbocycles. The Morgan fingerprint density at radius 2 is 1.95 bits per heavy atom. The number of rotatable bonds is 5. The van der Waals surface area contributed by atoms with Crippen molar-refractivity contribution in [2.75, 3.05) is 19.6 Å². The van der Waals surface area contributed by atoms with Gasteiger partial charge in [-0.25, -0.2) is 4.39 Å². The largest absolute Gasteiger partial charge is 0.350 e. The minimum atomic E-state index is -0.329. The summed E-state index contributed by atoms with van der Waals surface area (Å²) < 4.78 is 12.9. The fourth-order valence-corrected chi connectivity index (χ4v) is 3.58. The molecule has 3 rings (SSSR count). The molecule has 1 aliphatic rings. The van der Waals surface area contributed by atoms with E-state index >= 15 is 0 Å². The summed E-state index contributed by atoms with van der Waals surface area (Å²) in [5, 5.41) is 7.20. The van der Waals surface area contributed by atoms with Crippen molar-refractivity contribution in [2.45, 2.75) is 18.9 Å². The summed E-state index contributed by atoms with van der Waals surface area (Å²) in [5.74, 6) is -0.482. The van der Waals surface area contributed by atoms with Crippen molar-refractivity contribution in [1.82, 2.24) is 10.2 Å². The van der Waals surface area contributed by atoms with E-state index in [-0.39, 0.29) is 17.8 Å². The highest BCUT2D eigenvalue weighted by atomic mass is 32.1. The Morgan fingerprint density at radius 1 is 1.23 bits per heavy atom. The summed E-state index contributed by atoms with van der Waals surface area (Å²) in [7, 11) is 0. The monoisotopic (exact) mass is 318 g/mol. The van der Waals surface area contributed by atoms with Crippen LogP contribution in [-0.4, -0.2) is 30.4 Å². The molecule has 3 nitrogen and oxygen atoms in total. The summed E-state index contributed by atoms with van der Waals surface area (Å²) in [5.41, 5.74) is 1.75. The van der Waals surface area contributed by atoms with E-state index in [1.54, 1.807) is 11.3 Å². The number of benzene rings is 1. The van der Waals surface area contributed by atoms with Crippen molar-refractivity contribution >= 4 is 17.2 Å². The van der Waals surface area contributed by atoms with E-state index in [0.29, 0.717) is 12.1 Å². The molecule has 116 valence electrons. The fraction of sp³-hybridized carbons (Fsp3) is 0.353. The van der Waals surface area contributed by atoms with Gasteiger partial charge in [-0.1, -0.05) is 0 Å². The standard InChI is InChI=1S/C17H19FN2OS/c18-15-5-3-13(4-6-15)17(21)19-11-16(14-7-10-22-12-14)20-8-1-2-9-20/h3-7,10,12,16H,1-2,8-9,11H2,(H,19,21)/t16-/m0/s1. The van der Waals surface area contributed by atoms with Gasteiger partial charge in [-0.05, 0) is 72.6 Å². The van der Waals surface area contributed by atoms with Crippen LogP contribution in [0.25, 0.3) is 0 Å². The number of likely N-dealkylation sites (tertiary alicyclic amines) is 1. The molecule has 0 aliphatic carbocycles. The molecule has 1 N–H and O–H groups in total. The van der Waals surface area contributed by atoms with E-state index in [4.69, 9.17) is 0 Å². The van der Waals surface area contributed by atoms with E-state index in [1.807, 2.05) is 0 Å². The Kier molecular flexibility index (Phi) is 4.85. The zero-order chi connectivity index (χ0) is 15.4. The predicted molar refractivity (Wildman–Crippen MR) is 86.6 cm³/mol. The highest BCUT2D eigenvalue weighted by molar-refractivity contribution is 7.07. The van der Waals surface area contributed by atoms with Crippen LogP contribution in [-0.2, 0) is 0 Å². The quantitative estimate of drug-likeness (QED) is 0.916. The Bertz CT molecular complexity index is 606. The summed E-state index contributed by atoms with van der Waals surface area (Å²) >= 11 is 1.68. The van der Waals surface area contributed by atoms with Gasteiger partial charge in [0.1, 0.15) is 5.82 Å². The smallest absolute Gasteiger partial charge is 0.251 e. The lowest BCUT2D eigenvalue weighted by atomic mass is 10.1. The van der Waals surface area contributed by atoms with Gasteiger partial charge in [-0.15, -0.1) is 0 Å². The highest BCUT2D eigenvalue weighted by Gasteiger charge is 2.24. The number of carbonyl (C=O) groups excluding carboxylic acids is 1. The maximum atomic E-state index is 12.9. The van der Waals surface area contributed by atoms with Crippen LogP contribution in [0.1, 0.15) is 34.8 Å². The molecule has 0 radical (unpaired) electrons. The summed E-state index contributed by atoms with van der Waals surface area (Å²) in [6, 6.07) is 7.99. The first-order valence-corrected chi connectivity index (χ1v) is 8.48. The number of thiophene rings is 1. The maximum Gasteiger partial charge on any atom is 0.251 e. The zero-order valence-corrected chi connectivity index (χ0v) is 13.1. The van der Waals surface area contributed by atoms with Crippen molar-refractivity contribution in [2.24, 2.45) is 0 Å². The molecule has 0 bridgehead atoms. The van der Waals surface area contributed by atoms with Gasteiger partial charge in [-0.3, -0.25) is 9.69 Å². The number of hydrogen-bond donors (Lipinski definition) is 1. The molecule has 0 unspecified atom stereocenters. The molecular weight excluding hydrogens is 299 g/mol. The van der Waals surface area contributed by atoms with E-state index in [1.165, 1.54) is 42.7 Å². The van der Waals surface area contributed by atoms with Gasteiger partial charge in [0, 0.05) is 12.1 Å². The summed E-state index contributed by atoms with van der Waals surface area (Å²) in [6.45, 7) is 2.73. The SMILES string of the molecule is O=C(NC[C@@H](c1ccsc1)N1CCCC1)c1ccc(F)cc1. The van der Waals surface area contributed by atoms with Crippen LogP contribution in [0.2, 0.25) is 0 Å². The Labute approximate surface area is 133 Å². The number of amides is 1. The molecule has 1 aromatic heterocycles. The van der Waals surface area contributed by atoms with Gasteiger partial charge >= 0.3 is 0 Å².